The fourth-order valence-electron chi connectivity index (χ4n) is 2.31. The van der Waals surface area contributed by atoms with Gasteiger partial charge in [0, 0.05) is 6.42 Å². The Hall–Kier alpha value is -1.86. The minimum Gasteiger partial charge on any atom is -0.330 e. The predicted octanol–water partition coefficient (Wildman–Crippen LogP) is 2.82. The van der Waals surface area contributed by atoms with E-state index in [0.29, 0.717) is 30.1 Å². The third kappa shape index (κ3) is 4.67. The summed E-state index contributed by atoms with van der Waals surface area (Å²) in [5.41, 5.74) is 7.68. The lowest BCUT2D eigenvalue weighted by molar-refractivity contribution is -0.117. The quantitative estimate of drug-likeness (QED) is 0.836. The Morgan fingerprint density at radius 2 is 2.15 bits per heavy atom. The molecule has 1 rings (SSSR count). The normalized spacial score (nSPS) is 12.0. The number of rotatable bonds is 6. The zero-order chi connectivity index (χ0) is 15.1. The van der Waals surface area contributed by atoms with Crippen molar-refractivity contribution in [2.45, 2.75) is 33.6 Å². The molecule has 0 saturated carbocycles. The van der Waals surface area contributed by atoms with Crippen molar-refractivity contribution in [3.63, 3.8) is 0 Å². The van der Waals surface area contributed by atoms with E-state index in [9.17, 15) is 4.79 Å². The molecule has 3 N–H and O–H groups in total. The van der Waals surface area contributed by atoms with Crippen LogP contribution in [0.1, 0.15) is 37.8 Å². The van der Waals surface area contributed by atoms with Crippen LogP contribution >= 0.6 is 0 Å². The van der Waals surface area contributed by atoms with Gasteiger partial charge in [0.1, 0.15) is 6.07 Å². The highest BCUT2D eigenvalue weighted by atomic mass is 16.1. The topological polar surface area (TPSA) is 78.9 Å². The van der Waals surface area contributed by atoms with E-state index in [0.717, 1.165) is 12.0 Å². The van der Waals surface area contributed by atoms with Crippen molar-refractivity contribution in [3.8, 4) is 6.07 Å². The molecule has 1 amide bonds. The second kappa shape index (κ2) is 7.66. The van der Waals surface area contributed by atoms with Gasteiger partial charge in [-0.2, -0.15) is 5.26 Å². The average molecular weight is 273 g/mol. The number of anilines is 1. The number of amides is 1. The third-order valence-corrected chi connectivity index (χ3v) is 3.27. The highest BCUT2D eigenvalue weighted by Gasteiger charge is 2.15. The van der Waals surface area contributed by atoms with Gasteiger partial charge in [0.2, 0.25) is 5.91 Å². The Labute approximate surface area is 121 Å². The van der Waals surface area contributed by atoms with Gasteiger partial charge in [-0.15, -0.1) is 0 Å². The molecule has 4 nitrogen and oxygen atoms in total. The molecule has 0 saturated heterocycles. The number of nitrogens with one attached hydrogen (secondary N) is 1. The number of carbonyl (C=O) groups is 1. The number of nitriles is 1. The van der Waals surface area contributed by atoms with Gasteiger partial charge in [0.25, 0.3) is 0 Å². The molecule has 0 radical (unpaired) electrons. The van der Waals surface area contributed by atoms with Crippen LogP contribution in [0.2, 0.25) is 0 Å². The minimum absolute atomic E-state index is 0.0804. The summed E-state index contributed by atoms with van der Waals surface area (Å²) < 4.78 is 0. The van der Waals surface area contributed by atoms with Crippen molar-refractivity contribution in [3.05, 3.63) is 29.3 Å². The molecule has 0 unspecified atom stereocenters. The molecule has 4 heteroatoms. The second-order valence-electron chi connectivity index (χ2n) is 5.59. The van der Waals surface area contributed by atoms with E-state index >= 15 is 0 Å². The van der Waals surface area contributed by atoms with E-state index in [1.54, 1.807) is 6.07 Å². The summed E-state index contributed by atoms with van der Waals surface area (Å²) in [5, 5.41) is 12.0. The predicted molar refractivity (Wildman–Crippen MR) is 81.1 cm³/mol. The van der Waals surface area contributed by atoms with Crippen LogP contribution in [-0.4, -0.2) is 12.5 Å². The minimum atomic E-state index is -0.0804. The van der Waals surface area contributed by atoms with Gasteiger partial charge < -0.3 is 11.1 Å². The van der Waals surface area contributed by atoms with Gasteiger partial charge in [-0.05, 0) is 43.4 Å². The van der Waals surface area contributed by atoms with Crippen LogP contribution in [0.4, 0.5) is 5.69 Å². The number of nitrogens with zero attached hydrogens (tertiary/aromatic N) is 1. The summed E-state index contributed by atoms with van der Waals surface area (Å²) in [6.45, 7) is 6.60. The van der Waals surface area contributed by atoms with Crippen molar-refractivity contribution in [1.82, 2.24) is 0 Å². The van der Waals surface area contributed by atoms with Gasteiger partial charge in [-0.1, -0.05) is 26.0 Å². The molecule has 20 heavy (non-hydrogen) atoms. The van der Waals surface area contributed by atoms with E-state index in [2.05, 4.69) is 25.2 Å². The lowest BCUT2D eigenvalue weighted by Gasteiger charge is -2.17. The summed E-state index contributed by atoms with van der Waals surface area (Å²) in [4.78, 5) is 12.1. The first kappa shape index (κ1) is 16.2. The molecule has 108 valence electrons. The Morgan fingerprint density at radius 3 is 2.70 bits per heavy atom. The van der Waals surface area contributed by atoms with Gasteiger partial charge in [0.15, 0.2) is 0 Å². The van der Waals surface area contributed by atoms with E-state index in [-0.39, 0.29) is 11.8 Å². The molecule has 0 heterocycles. The Balaban J connectivity index is 2.72. The number of carbonyl (C=O) groups excluding carboxylic acids is 1. The molecule has 0 fully saturated rings. The third-order valence-electron chi connectivity index (χ3n) is 3.27. The summed E-state index contributed by atoms with van der Waals surface area (Å²) in [5.74, 6) is 0.624. The number of aryl methyl sites for hydroxylation is 1. The van der Waals surface area contributed by atoms with Crippen LogP contribution in [0.3, 0.4) is 0 Å². The fraction of sp³-hybridized carbons (Fsp3) is 0.500. The number of nitrogens with two attached hydrogens (primary N) is 1. The maximum absolute atomic E-state index is 12.1. The molecule has 1 atom stereocenters. The van der Waals surface area contributed by atoms with Gasteiger partial charge >= 0.3 is 0 Å². The highest BCUT2D eigenvalue weighted by molar-refractivity contribution is 5.92. The summed E-state index contributed by atoms with van der Waals surface area (Å²) in [7, 11) is 0. The first-order chi connectivity index (χ1) is 9.47. The molecule has 0 aromatic heterocycles. The van der Waals surface area contributed by atoms with Crippen molar-refractivity contribution in [2.24, 2.45) is 17.6 Å². The van der Waals surface area contributed by atoms with Gasteiger partial charge in [-0.25, -0.2) is 0 Å². The van der Waals surface area contributed by atoms with E-state index in [4.69, 9.17) is 11.0 Å². The molecule has 0 spiro atoms. The molecule has 1 aromatic rings. The second-order valence-corrected chi connectivity index (χ2v) is 5.59. The highest BCUT2D eigenvalue weighted by Crippen LogP contribution is 2.20. The Morgan fingerprint density at radius 1 is 1.45 bits per heavy atom. The lowest BCUT2D eigenvalue weighted by Crippen LogP contribution is -2.23. The number of benzene rings is 1. The van der Waals surface area contributed by atoms with E-state index in [1.165, 1.54) is 0 Å². The van der Waals surface area contributed by atoms with Crippen molar-refractivity contribution < 1.29 is 4.79 Å². The molecule has 0 aliphatic rings. The van der Waals surface area contributed by atoms with Crippen LogP contribution < -0.4 is 11.1 Å². The zero-order valence-corrected chi connectivity index (χ0v) is 12.4. The van der Waals surface area contributed by atoms with Gasteiger partial charge in [-0.3, -0.25) is 4.79 Å². The van der Waals surface area contributed by atoms with Crippen molar-refractivity contribution >= 4 is 11.6 Å². The Bertz CT molecular complexity index is 503. The molecule has 0 aliphatic heterocycles. The van der Waals surface area contributed by atoms with Crippen LogP contribution in [0.15, 0.2) is 18.2 Å². The molecule has 0 aliphatic carbocycles. The molecule has 0 bridgehead atoms. The lowest BCUT2D eigenvalue weighted by atomic mass is 9.94. The van der Waals surface area contributed by atoms with Gasteiger partial charge in [0.05, 0.1) is 11.3 Å². The summed E-state index contributed by atoms with van der Waals surface area (Å²) >= 11 is 0. The van der Waals surface area contributed by atoms with E-state index in [1.807, 2.05) is 19.1 Å². The SMILES string of the molecule is Cc1cccc(NC(=O)C[C@@H](CN)CC(C)C)c1C#N. The molecule has 1 aromatic carbocycles. The van der Waals surface area contributed by atoms with Crippen molar-refractivity contribution in [2.75, 3.05) is 11.9 Å². The fourth-order valence-corrected chi connectivity index (χ4v) is 2.31. The summed E-state index contributed by atoms with van der Waals surface area (Å²) in [6.07, 6.45) is 1.33. The molecular formula is C16H23N3O. The zero-order valence-electron chi connectivity index (χ0n) is 12.4. The smallest absolute Gasteiger partial charge is 0.224 e. The standard InChI is InChI=1S/C16H23N3O/c1-11(2)7-13(9-17)8-16(20)19-15-6-4-5-12(3)14(15)10-18/h4-6,11,13H,7-9,17H2,1-3H3,(H,19,20)/t13-/m0/s1. The Kier molecular flexibility index (Phi) is 6.20. The molecular weight excluding hydrogens is 250 g/mol. The van der Waals surface area contributed by atoms with E-state index < -0.39 is 0 Å². The van der Waals surface area contributed by atoms with Crippen LogP contribution in [0, 0.1) is 30.1 Å². The maximum Gasteiger partial charge on any atom is 0.224 e. The number of hydrogen-bond acceptors (Lipinski definition) is 3. The first-order valence-corrected chi connectivity index (χ1v) is 6.97. The van der Waals surface area contributed by atoms with Crippen molar-refractivity contribution in [1.29, 1.82) is 5.26 Å². The average Bonchev–Trinajstić information content (AvgIpc) is 2.37. The maximum atomic E-state index is 12.1. The summed E-state index contributed by atoms with van der Waals surface area (Å²) in [6, 6.07) is 7.57. The first-order valence-electron chi connectivity index (χ1n) is 6.97. The monoisotopic (exact) mass is 273 g/mol. The van der Waals surface area contributed by atoms with Crippen LogP contribution in [0.25, 0.3) is 0 Å². The number of hydrogen-bond donors (Lipinski definition) is 2. The van der Waals surface area contributed by atoms with Crippen LogP contribution in [0.5, 0.6) is 0 Å². The largest absolute Gasteiger partial charge is 0.330 e. The van der Waals surface area contributed by atoms with Crippen LogP contribution in [-0.2, 0) is 4.79 Å².